The average Bonchev–Trinajstić information content (AvgIpc) is 3.11. The molecule has 1 aliphatic heterocycles. The van der Waals surface area contributed by atoms with Gasteiger partial charge in [0.15, 0.2) is 0 Å². The van der Waals surface area contributed by atoms with E-state index in [1.807, 2.05) is 0 Å². The minimum Gasteiger partial charge on any atom is -0.476 e. The molecule has 1 aromatic carbocycles. The number of aromatic carboxylic acids is 1. The van der Waals surface area contributed by atoms with Crippen molar-refractivity contribution in [3.8, 4) is 0 Å². The lowest BCUT2D eigenvalue weighted by Crippen LogP contribution is -2.49. The van der Waals surface area contributed by atoms with Crippen molar-refractivity contribution in [2.75, 3.05) is 31.1 Å². The van der Waals surface area contributed by atoms with Crippen LogP contribution in [0.2, 0.25) is 0 Å². The Morgan fingerprint density at radius 3 is 2.31 bits per heavy atom. The van der Waals surface area contributed by atoms with Gasteiger partial charge in [0.1, 0.15) is 0 Å². The Balaban J connectivity index is 1.70. The van der Waals surface area contributed by atoms with E-state index >= 15 is 0 Å². The molecule has 1 aliphatic rings. The van der Waals surface area contributed by atoms with Crippen LogP contribution in [0.25, 0.3) is 0 Å². The molecule has 1 fully saturated rings. The SMILES string of the molecule is O=C(O)c1nnc(N2CCN(C(=O)c3ccccc3C(F)(F)F)CC2)s1. The lowest BCUT2D eigenvalue weighted by Gasteiger charge is -2.34. The minimum atomic E-state index is -4.60. The van der Waals surface area contributed by atoms with Gasteiger partial charge in [-0.3, -0.25) is 4.79 Å². The van der Waals surface area contributed by atoms with Crippen LogP contribution >= 0.6 is 11.3 Å². The first-order chi connectivity index (χ1) is 12.3. The number of benzene rings is 1. The Kier molecular flexibility index (Phi) is 4.81. The molecule has 2 aromatic rings. The monoisotopic (exact) mass is 386 g/mol. The van der Waals surface area contributed by atoms with E-state index in [1.54, 1.807) is 4.90 Å². The summed E-state index contributed by atoms with van der Waals surface area (Å²) in [5.74, 6) is -1.85. The summed E-state index contributed by atoms with van der Waals surface area (Å²) in [6, 6.07) is 4.69. The minimum absolute atomic E-state index is 0.141. The number of hydrogen-bond donors (Lipinski definition) is 1. The number of piperazine rings is 1. The van der Waals surface area contributed by atoms with Crippen LogP contribution in [0.15, 0.2) is 24.3 Å². The zero-order chi connectivity index (χ0) is 18.9. The van der Waals surface area contributed by atoms with Crippen LogP contribution < -0.4 is 4.90 Å². The largest absolute Gasteiger partial charge is 0.476 e. The quantitative estimate of drug-likeness (QED) is 0.871. The predicted molar refractivity (Wildman–Crippen MR) is 86.4 cm³/mol. The number of anilines is 1. The van der Waals surface area contributed by atoms with Crippen molar-refractivity contribution in [1.82, 2.24) is 15.1 Å². The molecule has 1 N–H and O–H groups in total. The Morgan fingerprint density at radius 1 is 1.08 bits per heavy atom. The van der Waals surface area contributed by atoms with Crippen molar-refractivity contribution in [1.29, 1.82) is 0 Å². The van der Waals surface area contributed by atoms with Gasteiger partial charge < -0.3 is 14.9 Å². The molecule has 0 spiro atoms. The van der Waals surface area contributed by atoms with Crippen LogP contribution in [0, 0.1) is 0 Å². The van der Waals surface area contributed by atoms with E-state index in [-0.39, 0.29) is 23.7 Å². The molecule has 0 radical (unpaired) electrons. The van der Waals surface area contributed by atoms with Gasteiger partial charge in [0.05, 0.1) is 11.1 Å². The average molecular weight is 386 g/mol. The first-order valence-corrected chi connectivity index (χ1v) is 8.36. The summed E-state index contributed by atoms with van der Waals surface area (Å²) in [5, 5.41) is 16.5. The van der Waals surface area contributed by atoms with Gasteiger partial charge in [-0.25, -0.2) is 4.79 Å². The van der Waals surface area contributed by atoms with E-state index < -0.39 is 23.6 Å². The number of carboxylic acid groups (broad SMARTS) is 1. The fourth-order valence-electron chi connectivity index (χ4n) is 2.62. The van der Waals surface area contributed by atoms with Crippen molar-refractivity contribution >= 4 is 28.3 Å². The van der Waals surface area contributed by atoms with Gasteiger partial charge >= 0.3 is 12.1 Å². The highest BCUT2D eigenvalue weighted by molar-refractivity contribution is 7.17. The number of aromatic nitrogens is 2. The molecule has 1 amide bonds. The maximum Gasteiger partial charge on any atom is 0.417 e. The standard InChI is InChI=1S/C15H13F3N4O3S/c16-15(17,18)10-4-2-1-3-9(10)12(23)21-5-7-22(8-6-21)14-20-19-11(26-14)13(24)25/h1-4H,5-8H2,(H,24,25). The lowest BCUT2D eigenvalue weighted by atomic mass is 10.1. The highest BCUT2D eigenvalue weighted by Crippen LogP contribution is 2.32. The first kappa shape index (κ1) is 18.1. The second-order valence-corrected chi connectivity index (χ2v) is 6.47. The van der Waals surface area contributed by atoms with Gasteiger partial charge in [-0.15, -0.1) is 10.2 Å². The molecule has 26 heavy (non-hydrogen) atoms. The molecule has 7 nitrogen and oxygen atoms in total. The molecule has 0 bridgehead atoms. The van der Waals surface area contributed by atoms with E-state index in [9.17, 15) is 22.8 Å². The third-order valence-corrected chi connectivity index (χ3v) is 4.87. The summed E-state index contributed by atoms with van der Waals surface area (Å²) >= 11 is 0.911. The van der Waals surface area contributed by atoms with E-state index in [0.717, 1.165) is 17.4 Å². The number of nitrogens with zero attached hydrogens (tertiary/aromatic N) is 4. The number of hydrogen-bond acceptors (Lipinski definition) is 6. The van der Waals surface area contributed by atoms with E-state index in [0.29, 0.717) is 18.2 Å². The molecule has 3 rings (SSSR count). The van der Waals surface area contributed by atoms with Gasteiger partial charge in [0.2, 0.25) is 10.1 Å². The summed E-state index contributed by atoms with van der Waals surface area (Å²) in [7, 11) is 0. The maximum absolute atomic E-state index is 13.1. The summed E-state index contributed by atoms with van der Waals surface area (Å²) in [5.41, 5.74) is -1.33. The van der Waals surface area contributed by atoms with Crippen LogP contribution in [-0.2, 0) is 6.18 Å². The molecular formula is C15H13F3N4O3S. The number of carbonyl (C=O) groups is 2. The van der Waals surface area contributed by atoms with Crippen LogP contribution in [0.5, 0.6) is 0 Å². The number of alkyl halides is 3. The van der Waals surface area contributed by atoms with Gasteiger partial charge in [0.25, 0.3) is 5.91 Å². The topological polar surface area (TPSA) is 86.6 Å². The summed E-state index contributed by atoms with van der Waals surface area (Å²) in [6.07, 6.45) is -4.60. The molecule has 2 heterocycles. The molecule has 138 valence electrons. The highest BCUT2D eigenvalue weighted by atomic mass is 32.1. The zero-order valence-electron chi connectivity index (χ0n) is 13.2. The molecule has 11 heteroatoms. The second-order valence-electron chi connectivity index (χ2n) is 5.52. The van der Waals surface area contributed by atoms with Crippen molar-refractivity contribution in [2.24, 2.45) is 0 Å². The smallest absolute Gasteiger partial charge is 0.417 e. The third-order valence-electron chi connectivity index (χ3n) is 3.90. The molecule has 1 aromatic heterocycles. The van der Waals surface area contributed by atoms with Gasteiger partial charge in [-0.1, -0.05) is 23.5 Å². The molecule has 0 aliphatic carbocycles. The normalized spacial score (nSPS) is 15.2. The maximum atomic E-state index is 13.1. The molecule has 1 saturated heterocycles. The Labute approximate surface area is 149 Å². The van der Waals surface area contributed by atoms with Crippen LogP contribution in [0.1, 0.15) is 25.7 Å². The zero-order valence-corrected chi connectivity index (χ0v) is 14.0. The molecule has 0 saturated carbocycles. The van der Waals surface area contributed by atoms with Crippen LogP contribution in [0.3, 0.4) is 0 Å². The highest BCUT2D eigenvalue weighted by Gasteiger charge is 2.36. The number of carbonyl (C=O) groups excluding carboxylic acids is 1. The van der Waals surface area contributed by atoms with Crippen molar-refractivity contribution in [3.05, 3.63) is 40.4 Å². The molecular weight excluding hydrogens is 373 g/mol. The number of carboxylic acids is 1. The Hall–Kier alpha value is -2.69. The van der Waals surface area contributed by atoms with Crippen molar-refractivity contribution < 1.29 is 27.9 Å². The Bertz CT molecular complexity index is 832. The molecule has 0 atom stereocenters. The van der Waals surface area contributed by atoms with Crippen molar-refractivity contribution in [2.45, 2.75) is 6.18 Å². The number of halogens is 3. The second kappa shape index (κ2) is 6.90. The number of amides is 1. The summed E-state index contributed by atoms with van der Waals surface area (Å²) < 4.78 is 39.3. The fraction of sp³-hybridized carbons (Fsp3) is 0.333. The van der Waals surface area contributed by atoms with Gasteiger partial charge in [-0.2, -0.15) is 13.2 Å². The summed E-state index contributed by atoms with van der Waals surface area (Å²) in [4.78, 5) is 26.5. The molecule has 0 unspecified atom stereocenters. The van der Waals surface area contributed by atoms with Gasteiger partial charge in [0, 0.05) is 26.2 Å². The van der Waals surface area contributed by atoms with E-state index in [4.69, 9.17) is 5.11 Å². The van der Waals surface area contributed by atoms with E-state index in [2.05, 4.69) is 10.2 Å². The number of rotatable bonds is 3. The third kappa shape index (κ3) is 3.62. The van der Waals surface area contributed by atoms with Crippen LogP contribution in [-0.4, -0.2) is 58.3 Å². The van der Waals surface area contributed by atoms with Crippen molar-refractivity contribution in [3.63, 3.8) is 0 Å². The Morgan fingerprint density at radius 2 is 1.73 bits per heavy atom. The lowest BCUT2D eigenvalue weighted by molar-refractivity contribution is -0.138. The van der Waals surface area contributed by atoms with E-state index in [1.165, 1.54) is 23.1 Å². The van der Waals surface area contributed by atoms with Gasteiger partial charge in [-0.05, 0) is 12.1 Å². The predicted octanol–water partition coefficient (Wildman–Crippen LogP) is 2.22. The first-order valence-electron chi connectivity index (χ1n) is 7.54. The summed E-state index contributed by atoms with van der Waals surface area (Å²) in [6.45, 7) is 1.06. The van der Waals surface area contributed by atoms with Crippen LogP contribution in [0.4, 0.5) is 18.3 Å². The fourth-order valence-corrected chi connectivity index (χ4v) is 3.35.